The van der Waals surface area contributed by atoms with Crippen LogP contribution in [-0.4, -0.2) is 34.9 Å². The van der Waals surface area contributed by atoms with Crippen molar-refractivity contribution in [2.75, 3.05) is 7.05 Å². The molecule has 118 valence electrons. The van der Waals surface area contributed by atoms with Crippen molar-refractivity contribution in [1.82, 2.24) is 10.0 Å². The summed E-state index contributed by atoms with van der Waals surface area (Å²) in [5.74, 6) is 0.481. The predicted octanol–water partition coefficient (Wildman–Crippen LogP) is -3.60. The number of hydrogen-bond donors (Lipinski definition) is 0. The number of carbonyl (C=O) groups excluding carboxylic acids is 1. The van der Waals surface area contributed by atoms with Gasteiger partial charge in [-0.1, -0.05) is 6.08 Å². The first-order valence-corrected chi connectivity index (χ1v) is 7.59. The molecule has 0 saturated heterocycles. The standard InChI is InChI=1S/C13H14N3O.ClHO4/c1-9-13(17)15(2)16-8-7-10-5-3-4-6-11(10)12(16)14-9;2-1(3,4)5/h3-5,7-8,10-12H,1-2H3;(H,2,3,4,5)/q+1;/p-1. The first-order valence-electron chi connectivity index (χ1n) is 6.35. The van der Waals surface area contributed by atoms with Crippen LogP contribution in [0.3, 0.4) is 0 Å². The Morgan fingerprint density at radius 1 is 1.27 bits per heavy atom. The third-order valence-electron chi connectivity index (χ3n) is 3.46. The molecule has 0 aromatic rings. The van der Waals surface area contributed by atoms with Crippen molar-refractivity contribution < 1.29 is 33.7 Å². The molecule has 0 spiro atoms. The first kappa shape index (κ1) is 16.6. The second-order valence-corrected chi connectivity index (χ2v) is 5.63. The molecule has 3 unspecified atom stereocenters. The number of allylic oxidation sites excluding steroid dienone is 4. The fourth-order valence-electron chi connectivity index (χ4n) is 2.50. The lowest BCUT2D eigenvalue weighted by atomic mass is 9.83. The predicted molar refractivity (Wildman–Crippen MR) is 64.6 cm³/mol. The van der Waals surface area contributed by atoms with Gasteiger partial charge in [0.1, 0.15) is 5.71 Å². The zero-order valence-corrected chi connectivity index (χ0v) is 12.6. The third kappa shape index (κ3) is 3.69. The average molecular weight is 328 g/mol. The van der Waals surface area contributed by atoms with E-state index < -0.39 is 10.2 Å². The van der Waals surface area contributed by atoms with Gasteiger partial charge in [-0.3, -0.25) is 19.8 Å². The first-order chi connectivity index (χ1) is 10.2. The maximum Gasteiger partial charge on any atom is 0.285 e. The molecular weight excluding hydrogens is 314 g/mol. The number of hydrogen-bond acceptors (Lipinski definition) is 7. The molecule has 3 rings (SSSR count). The molecule has 1 aliphatic carbocycles. The zero-order valence-electron chi connectivity index (χ0n) is 11.9. The van der Waals surface area contributed by atoms with Gasteiger partial charge in [0.15, 0.2) is 18.2 Å². The average Bonchev–Trinajstić information content (AvgIpc) is 2.43. The van der Waals surface area contributed by atoms with Crippen molar-refractivity contribution >= 4 is 11.6 Å². The normalized spacial score (nSPS) is 29.1. The van der Waals surface area contributed by atoms with Gasteiger partial charge in [-0.25, -0.2) is 18.6 Å². The van der Waals surface area contributed by atoms with Crippen molar-refractivity contribution in [3.05, 3.63) is 36.6 Å². The molecule has 0 aromatic carbocycles. The second-order valence-electron chi connectivity index (χ2n) is 4.88. The van der Waals surface area contributed by atoms with Crippen LogP contribution in [0.5, 0.6) is 0 Å². The van der Waals surface area contributed by atoms with E-state index in [4.69, 9.17) is 18.6 Å². The van der Waals surface area contributed by atoms with Crippen LogP contribution < -0.4 is 18.6 Å². The van der Waals surface area contributed by atoms with E-state index in [0.29, 0.717) is 11.6 Å². The lowest BCUT2D eigenvalue weighted by Gasteiger charge is -2.43. The number of fused-ring (bicyclic) bond motifs is 3. The van der Waals surface area contributed by atoms with Gasteiger partial charge in [0, 0.05) is 19.3 Å². The molecule has 2 heterocycles. The number of nitrogens with zero attached hydrogens (tertiary/aromatic N) is 3. The number of amides is 1. The summed E-state index contributed by atoms with van der Waals surface area (Å²) in [5, 5.41) is 3.51. The number of aliphatic imine (C=N–C) groups is 1. The SMILES string of the molecule is CC1=NC2C3[C+]=CC=CC3C=CN2N(C)C1=O.[O-][Cl+3]([O-])([O-])[O-]. The van der Waals surface area contributed by atoms with Crippen LogP contribution in [-0.2, 0) is 4.79 Å². The Morgan fingerprint density at radius 2 is 1.91 bits per heavy atom. The zero-order chi connectivity index (χ0) is 16.5. The Labute approximate surface area is 129 Å². The van der Waals surface area contributed by atoms with Crippen molar-refractivity contribution in [1.29, 1.82) is 0 Å². The minimum absolute atomic E-state index is 0.0420. The van der Waals surface area contributed by atoms with Gasteiger partial charge in [-0.15, -0.1) is 10.2 Å². The summed E-state index contributed by atoms with van der Waals surface area (Å²) in [7, 11) is -3.17. The molecular formula is C13H14ClN3O5. The molecule has 0 fully saturated rings. The summed E-state index contributed by atoms with van der Waals surface area (Å²) >= 11 is 0. The van der Waals surface area contributed by atoms with Crippen LogP contribution in [0.4, 0.5) is 0 Å². The maximum absolute atomic E-state index is 11.8. The summed E-state index contributed by atoms with van der Waals surface area (Å²) < 4.78 is 34.0. The highest BCUT2D eigenvalue weighted by atomic mass is 35.7. The molecule has 0 saturated carbocycles. The lowest BCUT2D eigenvalue weighted by Crippen LogP contribution is -2.68. The van der Waals surface area contributed by atoms with Crippen LogP contribution in [0.25, 0.3) is 0 Å². The van der Waals surface area contributed by atoms with Crippen LogP contribution in [0.15, 0.2) is 35.5 Å². The van der Waals surface area contributed by atoms with Gasteiger partial charge in [0.25, 0.3) is 5.91 Å². The largest absolute Gasteiger partial charge is 0.285 e. The smallest absolute Gasteiger partial charge is 0.266 e. The number of carbonyl (C=O) groups is 1. The van der Waals surface area contributed by atoms with E-state index >= 15 is 0 Å². The molecule has 0 aromatic heterocycles. The van der Waals surface area contributed by atoms with E-state index in [-0.39, 0.29) is 18.0 Å². The van der Waals surface area contributed by atoms with Crippen LogP contribution >= 0.6 is 0 Å². The van der Waals surface area contributed by atoms with Crippen molar-refractivity contribution in [3.63, 3.8) is 0 Å². The molecule has 3 aliphatic rings. The number of halogens is 1. The molecule has 9 heteroatoms. The summed E-state index contributed by atoms with van der Waals surface area (Å²) in [4.78, 5) is 16.3. The van der Waals surface area contributed by atoms with Gasteiger partial charge in [0.05, 0.1) is 18.1 Å². The van der Waals surface area contributed by atoms with Gasteiger partial charge in [0.2, 0.25) is 0 Å². The van der Waals surface area contributed by atoms with Gasteiger partial charge >= 0.3 is 0 Å². The molecule has 0 radical (unpaired) electrons. The molecule has 22 heavy (non-hydrogen) atoms. The van der Waals surface area contributed by atoms with Crippen molar-refractivity contribution in [3.8, 4) is 0 Å². The molecule has 0 bridgehead atoms. The lowest BCUT2D eigenvalue weighted by molar-refractivity contribution is -2.00. The van der Waals surface area contributed by atoms with Crippen LogP contribution in [0.2, 0.25) is 0 Å². The Morgan fingerprint density at radius 3 is 2.55 bits per heavy atom. The molecule has 8 nitrogen and oxygen atoms in total. The maximum atomic E-state index is 11.8. The van der Waals surface area contributed by atoms with E-state index in [9.17, 15) is 4.79 Å². The molecule has 1 amide bonds. The highest BCUT2D eigenvalue weighted by Crippen LogP contribution is 2.33. The minimum Gasteiger partial charge on any atom is -0.266 e. The highest BCUT2D eigenvalue weighted by molar-refractivity contribution is 6.38. The van der Waals surface area contributed by atoms with E-state index in [0.717, 1.165) is 0 Å². The summed E-state index contributed by atoms with van der Waals surface area (Å²) in [6.07, 6.45) is 13.4. The van der Waals surface area contributed by atoms with E-state index in [1.807, 2.05) is 23.4 Å². The van der Waals surface area contributed by atoms with E-state index in [1.165, 1.54) is 0 Å². The van der Waals surface area contributed by atoms with Crippen molar-refractivity contribution in [2.24, 2.45) is 16.8 Å². The fraction of sp³-hybridized carbons (Fsp3) is 0.385. The van der Waals surface area contributed by atoms with Crippen LogP contribution in [0.1, 0.15) is 6.92 Å². The molecule has 2 aliphatic heterocycles. The van der Waals surface area contributed by atoms with E-state index in [2.05, 4.69) is 23.2 Å². The summed E-state index contributed by atoms with van der Waals surface area (Å²) in [6, 6.07) is 0. The Kier molecular flexibility index (Phi) is 4.62. The topological polar surface area (TPSA) is 128 Å². The highest BCUT2D eigenvalue weighted by Gasteiger charge is 2.43. The number of hydrazine groups is 1. The molecule has 3 atom stereocenters. The minimum atomic E-state index is -4.94. The fourth-order valence-corrected chi connectivity index (χ4v) is 2.50. The number of rotatable bonds is 0. The van der Waals surface area contributed by atoms with Gasteiger partial charge in [-0.2, -0.15) is 0 Å². The Balaban J connectivity index is 0.000000309. The third-order valence-corrected chi connectivity index (χ3v) is 3.46. The van der Waals surface area contributed by atoms with Crippen LogP contribution in [0, 0.1) is 28.2 Å². The van der Waals surface area contributed by atoms with Crippen molar-refractivity contribution in [2.45, 2.75) is 13.1 Å². The van der Waals surface area contributed by atoms with Gasteiger partial charge < -0.3 is 0 Å². The molecule has 0 N–H and O–H groups in total. The van der Waals surface area contributed by atoms with E-state index in [1.54, 1.807) is 19.0 Å². The monoisotopic (exact) mass is 327 g/mol. The Bertz CT molecular complexity index is 561. The summed E-state index contributed by atoms with van der Waals surface area (Å²) in [5.41, 5.74) is 0.569. The summed E-state index contributed by atoms with van der Waals surface area (Å²) in [6.45, 7) is 1.77. The second kappa shape index (κ2) is 6.13. The van der Waals surface area contributed by atoms with Gasteiger partial charge in [-0.05, 0) is 6.92 Å². The quantitative estimate of drug-likeness (QED) is 0.423. The Hall–Kier alpha value is -1.80.